The lowest BCUT2D eigenvalue weighted by molar-refractivity contribution is 0.646. The summed E-state index contributed by atoms with van der Waals surface area (Å²) in [6.07, 6.45) is 2.34. The SMILES string of the molecule is CCCC1=C(c2ccc3scc(C)c3c2)N2CCN=C2S1. The van der Waals surface area contributed by atoms with Gasteiger partial charge in [0.1, 0.15) is 0 Å². The van der Waals surface area contributed by atoms with E-state index in [1.807, 2.05) is 23.1 Å². The molecule has 0 atom stereocenters. The summed E-state index contributed by atoms with van der Waals surface area (Å²) in [4.78, 5) is 8.55. The van der Waals surface area contributed by atoms with Gasteiger partial charge in [-0.05, 0) is 47.4 Å². The van der Waals surface area contributed by atoms with Gasteiger partial charge in [-0.2, -0.15) is 0 Å². The Labute approximate surface area is 133 Å². The van der Waals surface area contributed by atoms with E-state index in [1.165, 1.54) is 43.4 Å². The molecule has 108 valence electrons. The summed E-state index contributed by atoms with van der Waals surface area (Å²) in [6, 6.07) is 6.92. The molecular weight excluding hydrogens is 296 g/mol. The van der Waals surface area contributed by atoms with Crippen molar-refractivity contribution in [1.82, 2.24) is 4.90 Å². The first kappa shape index (κ1) is 13.4. The Kier molecular flexibility index (Phi) is 3.31. The number of allylic oxidation sites excluding steroid dienone is 1. The van der Waals surface area contributed by atoms with E-state index in [1.54, 1.807) is 0 Å². The van der Waals surface area contributed by atoms with Gasteiger partial charge in [0.15, 0.2) is 5.17 Å². The molecule has 0 N–H and O–H groups in total. The number of aliphatic imine (C=N–C) groups is 1. The first-order chi connectivity index (χ1) is 10.3. The monoisotopic (exact) mass is 314 g/mol. The van der Waals surface area contributed by atoms with Crippen molar-refractivity contribution in [2.75, 3.05) is 13.1 Å². The molecule has 3 heterocycles. The normalized spacial score (nSPS) is 17.8. The van der Waals surface area contributed by atoms with Crippen LogP contribution in [0.2, 0.25) is 0 Å². The minimum Gasteiger partial charge on any atom is -0.318 e. The molecule has 0 unspecified atom stereocenters. The molecule has 1 aromatic heterocycles. The Hall–Kier alpha value is -1.26. The van der Waals surface area contributed by atoms with Gasteiger partial charge in [-0.15, -0.1) is 11.3 Å². The van der Waals surface area contributed by atoms with E-state index in [0.717, 1.165) is 19.5 Å². The summed E-state index contributed by atoms with van der Waals surface area (Å²) < 4.78 is 1.38. The molecule has 0 saturated heterocycles. The van der Waals surface area contributed by atoms with Gasteiger partial charge in [-0.3, -0.25) is 4.99 Å². The summed E-state index contributed by atoms with van der Waals surface area (Å²) in [5.41, 5.74) is 4.15. The predicted molar refractivity (Wildman–Crippen MR) is 95.0 cm³/mol. The summed E-state index contributed by atoms with van der Waals surface area (Å²) in [5, 5.41) is 4.85. The van der Waals surface area contributed by atoms with Crippen LogP contribution in [-0.4, -0.2) is 23.2 Å². The second-order valence-corrected chi connectivity index (χ2v) is 7.54. The van der Waals surface area contributed by atoms with Crippen LogP contribution in [0.4, 0.5) is 0 Å². The largest absolute Gasteiger partial charge is 0.318 e. The zero-order valence-corrected chi connectivity index (χ0v) is 14.0. The van der Waals surface area contributed by atoms with Crippen molar-refractivity contribution < 1.29 is 0 Å². The minimum absolute atomic E-state index is 0.935. The van der Waals surface area contributed by atoms with Crippen molar-refractivity contribution in [1.29, 1.82) is 0 Å². The molecule has 4 rings (SSSR count). The molecule has 0 bridgehead atoms. The van der Waals surface area contributed by atoms with E-state index >= 15 is 0 Å². The maximum atomic E-state index is 4.64. The topological polar surface area (TPSA) is 15.6 Å². The van der Waals surface area contributed by atoms with Crippen LogP contribution in [0.15, 0.2) is 33.5 Å². The molecule has 0 radical (unpaired) electrons. The second-order valence-electron chi connectivity index (χ2n) is 5.57. The van der Waals surface area contributed by atoms with Gasteiger partial charge in [0.05, 0.1) is 12.2 Å². The lowest BCUT2D eigenvalue weighted by Crippen LogP contribution is -2.20. The van der Waals surface area contributed by atoms with Crippen LogP contribution in [0, 0.1) is 6.92 Å². The lowest BCUT2D eigenvalue weighted by Gasteiger charge is -2.17. The second kappa shape index (κ2) is 5.18. The van der Waals surface area contributed by atoms with Gasteiger partial charge in [-0.1, -0.05) is 31.2 Å². The fraction of sp³-hybridized carbons (Fsp3) is 0.353. The van der Waals surface area contributed by atoms with Crippen molar-refractivity contribution in [3.05, 3.63) is 39.6 Å². The number of aryl methyl sites for hydroxylation is 1. The molecule has 0 amide bonds. The van der Waals surface area contributed by atoms with Crippen molar-refractivity contribution in [2.24, 2.45) is 4.99 Å². The van der Waals surface area contributed by atoms with Crippen LogP contribution in [0.25, 0.3) is 15.8 Å². The van der Waals surface area contributed by atoms with E-state index in [9.17, 15) is 0 Å². The molecule has 0 fully saturated rings. The fourth-order valence-corrected chi connectivity index (χ4v) is 5.27. The third kappa shape index (κ3) is 2.12. The summed E-state index contributed by atoms with van der Waals surface area (Å²) in [6.45, 7) is 6.43. The van der Waals surface area contributed by atoms with Crippen molar-refractivity contribution in [2.45, 2.75) is 26.7 Å². The number of rotatable bonds is 3. The van der Waals surface area contributed by atoms with Crippen molar-refractivity contribution in [3.63, 3.8) is 0 Å². The van der Waals surface area contributed by atoms with Crippen LogP contribution >= 0.6 is 23.1 Å². The summed E-state index contributed by atoms with van der Waals surface area (Å²) >= 11 is 3.72. The maximum Gasteiger partial charge on any atom is 0.168 e. The molecule has 2 aliphatic heterocycles. The predicted octanol–water partition coefficient (Wildman–Crippen LogP) is 5.10. The molecule has 2 nitrogen and oxygen atoms in total. The van der Waals surface area contributed by atoms with E-state index in [0.29, 0.717) is 0 Å². The van der Waals surface area contributed by atoms with Crippen molar-refractivity contribution in [3.8, 4) is 0 Å². The quantitative estimate of drug-likeness (QED) is 0.783. The standard InChI is InChI=1S/C17H18N2S2/c1-3-4-15-16(19-8-7-18-17(19)21-15)12-5-6-14-13(9-12)11(2)10-20-14/h5-6,9-10H,3-4,7-8H2,1-2H3. The Morgan fingerprint density at radius 1 is 1.33 bits per heavy atom. The highest BCUT2D eigenvalue weighted by Gasteiger charge is 2.32. The zero-order valence-electron chi connectivity index (χ0n) is 12.3. The molecule has 21 heavy (non-hydrogen) atoms. The summed E-state index contributed by atoms with van der Waals surface area (Å²) in [7, 11) is 0. The number of hydrogen-bond acceptors (Lipinski definition) is 4. The van der Waals surface area contributed by atoms with E-state index in [2.05, 4.69) is 47.3 Å². The number of amidine groups is 1. The van der Waals surface area contributed by atoms with Crippen LogP contribution < -0.4 is 0 Å². The lowest BCUT2D eigenvalue weighted by atomic mass is 10.1. The van der Waals surface area contributed by atoms with E-state index in [4.69, 9.17) is 0 Å². The van der Waals surface area contributed by atoms with E-state index < -0.39 is 0 Å². The highest BCUT2D eigenvalue weighted by atomic mass is 32.2. The van der Waals surface area contributed by atoms with Crippen LogP contribution in [-0.2, 0) is 0 Å². The third-order valence-corrected chi connectivity index (χ3v) is 6.32. The van der Waals surface area contributed by atoms with Gasteiger partial charge in [-0.25, -0.2) is 0 Å². The molecule has 0 aliphatic carbocycles. The Morgan fingerprint density at radius 2 is 2.24 bits per heavy atom. The highest BCUT2D eigenvalue weighted by molar-refractivity contribution is 8.17. The number of fused-ring (bicyclic) bond motifs is 2. The third-order valence-electron chi connectivity index (χ3n) is 4.07. The van der Waals surface area contributed by atoms with Crippen molar-refractivity contribution >= 4 is 44.0 Å². The van der Waals surface area contributed by atoms with Crippen LogP contribution in [0.3, 0.4) is 0 Å². The molecule has 2 aliphatic rings. The molecule has 2 aromatic rings. The van der Waals surface area contributed by atoms with Gasteiger partial charge in [0, 0.05) is 16.1 Å². The van der Waals surface area contributed by atoms with Gasteiger partial charge < -0.3 is 4.90 Å². The van der Waals surface area contributed by atoms with E-state index in [-0.39, 0.29) is 0 Å². The summed E-state index contributed by atoms with van der Waals surface area (Å²) in [5.74, 6) is 0. The number of hydrogen-bond donors (Lipinski definition) is 0. The highest BCUT2D eigenvalue weighted by Crippen LogP contribution is 2.44. The minimum atomic E-state index is 0.935. The number of benzene rings is 1. The van der Waals surface area contributed by atoms with Gasteiger partial charge in [0.2, 0.25) is 0 Å². The average Bonchev–Trinajstić information content (AvgIpc) is 3.14. The number of thiophene rings is 1. The maximum absolute atomic E-state index is 4.64. The van der Waals surface area contributed by atoms with Crippen LogP contribution in [0.5, 0.6) is 0 Å². The Morgan fingerprint density at radius 3 is 3.10 bits per heavy atom. The number of nitrogens with zero attached hydrogens (tertiary/aromatic N) is 2. The molecule has 0 saturated carbocycles. The fourth-order valence-electron chi connectivity index (χ4n) is 3.05. The zero-order chi connectivity index (χ0) is 14.4. The Bertz CT molecular complexity index is 770. The first-order valence-electron chi connectivity index (χ1n) is 7.49. The smallest absolute Gasteiger partial charge is 0.168 e. The molecule has 1 aromatic carbocycles. The number of thioether (sulfide) groups is 1. The van der Waals surface area contributed by atoms with Crippen LogP contribution in [0.1, 0.15) is 30.9 Å². The van der Waals surface area contributed by atoms with Gasteiger partial charge in [0.25, 0.3) is 0 Å². The molecule has 0 spiro atoms. The average molecular weight is 314 g/mol. The van der Waals surface area contributed by atoms with Gasteiger partial charge >= 0.3 is 0 Å². The Balaban J connectivity index is 1.85. The molecule has 4 heteroatoms. The first-order valence-corrected chi connectivity index (χ1v) is 9.18. The molecular formula is C17H18N2S2.